The summed E-state index contributed by atoms with van der Waals surface area (Å²) < 4.78 is 68.4. The van der Waals surface area contributed by atoms with Crippen LogP contribution in [0.5, 0.6) is 0 Å². The van der Waals surface area contributed by atoms with Crippen LogP contribution >= 0.6 is 15.6 Å². The number of ether oxygens (including phenoxy) is 4. The van der Waals surface area contributed by atoms with Gasteiger partial charge in [0.25, 0.3) is 0 Å². The Kier molecular flexibility index (Phi) is 62.2. The number of aliphatic hydroxyl groups excluding tert-OH is 1. The monoisotopic (exact) mass is 1370 g/mol. The number of hydrogen-bond donors (Lipinski definition) is 3. The van der Waals surface area contributed by atoms with Gasteiger partial charge >= 0.3 is 39.5 Å². The zero-order valence-corrected chi connectivity index (χ0v) is 62.7. The minimum atomic E-state index is -4.96. The first kappa shape index (κ1) is 91.1. The van der Waals surface area contributed by atoms with Crippen molar-refractivity contribution in [1.82, 2.24) is 0 Å². The number of phosphoric ester groups is 2. The minimum absolute atomic E-state index is 0.105. The molecule has 0 bridgehead atoms. The fourth-order valence-corrected chi connectivity index (χ4v) is 12.7. The number of rotatable bonds is 71. The van der Waals surface area contributed by atoms with Crippen molar-refractivity contribution < 1.29 is 80.2 Å². The third kappa shape index (κ3) is 67.0. The van der Waals surface area contributed by atoms with Gasteiger partial charge in [0.2, 0.25) is 0 Å². The molecular weight excluding hydrogens is 1220 g/mol. The lowest BCUT2D eigenvalue weighted by Crippen LogP contribution is -2.30. The topological polar surface area (TPSA) is 237 Å². The summed E-state index contributed by atoms with van der Waals surface area (Å²) in [6, 6.07) is 0. The van der Waals surface area contributed by atoms with Gasteiger partial charge in [-0.2, -0.15) is 0 Å². The van der Waals surface area contributed by atoms with Gasteiger partial charge in [0.05, 0.1) is 26.4 Å². The van der Waals surface area contributed by atoms with Gasteiger partial charge in [-0.3, -0.25) is 37.3 Å². The maximum atomic E-state index is 13.0. The molecule has 19 heteroatoms. The third-order valence-corrected chi connectivity index (χ3v) is 19.3. The lowest BCUT2D eigenvalue weighted by atomic mass is 10.00. The fraction of sp³-hybridized carbons (Fsp3) is 0.946. The summed E-state index contributed by atoms with van der Waals surface area (Å²) in [5.41, 5.74) is 0. The smallest absolute Gasteiger partial charge is 0.462 e. The first-order valence-corrected chi connectivity index (χ1v) is 41.2. The van der Waals surface area contributed by atoms with Crippen LogP contribution in [0.4, 0.5) is 0 Å². The van der Waals surface area contributed by atoms with E-state index in [0.29, 0.717) is 31.6 Å². The molecule has 552 valence electrons. The van der Waals surface area contributed by atoms with E-state index >= 15 is 0 Å². The second-order valence-corrected chi connectivity index (χ2v) is 31.3. The molecule has 0 fully saturated rings. The van der Waals surface area contributed by atoms with Crippen LogP contribution in [0.25, 0.3) is 0 Å². The van der Waals surface area contributed by atoms with E-state index in [1.807, 2.05) is 0 Å². The summed E-state index contributed by atoms with van der Waals surface area (Å²) in [5, 5.41) is 10.6. The molecule has 0 rings (SSSR count). The fourth-order valence-electron chi connectivity index (χ4n) is 11.2. The maximum Gasteiger partial charge on any atom is 0.472 e. The number of unbranched alkanes of at least 4 members (excludes halogenated alkanes) is 36. The summed E-state index contributed by atoms with van der Waals surface area (Å²) in [4.78, 5) is 72.7. The second-order valence-electron chi connectivity index (χ2n) is 28.4. The van der Waals surface area contributed by atoms with Crippen molar-refractivity contribution in [1.29, 1.82) is 0 Å². The Morgan fingerprint density at radius 2 is 0.516 bits per heavy atom. The van der Waals surface area contributed by atoms with E-state index in [0.717, 1.165) is 120 Å². The molecule has 6 atom stereocenters. The molecule has 0 radical (unpaired) electrons. The lowest BCUT2D eigenvalue weighted by Gasteiger charge is -2.21. The van der Waals surface area contributed by atoms with Crippen molar-refractivity contribution in [2.24, 2.45) is 23.7 Å². The Labute approximate surface area is 568 Å². The van der Waals surface area contributed by atoms with E-state index in [1.165, 1.54) is 161 Å². The zero-order valence-electron chi connectivity index (χ0n) is 60.9. The van der Waals surface area contributed by atoms with E-state index in [1.54, 1.807) is 0 Å². The van der Waals surface area contributed by atoms with Gasteiger partial charge < -0.3 is 33.8 Å². The summed E-state index contributed by atoms with van der Waals surface area (Å²) in [5.74, 6) is 0.885. The molecular formula is C74H144O17P2. The number of esters is 4. The van der Waals surface area contributed by atoms with Gasteiger partial charge in [-0.15, -0.1) is 0 Å². The number of carbonyl (C=O) groups is 4. The van der Waals surface area contributed by atoms with E-state index in [-0.39, 0.29) is 25.7 Å². The molecule has 0 aromatic heterocycles. The Morgan fingerprint density at radius 1 is 0.301 bits per heavy atom. The van der Waals surface area contributed by atoms with Gasteiger partial charge in [-0.05, 0) is 49.4 Å². The molecule has 0 saturated carbocycles. The molecule has 0 spiro atoms. The number of aliphatic hydroxyl groups is 1. The van der Waals surface area contributed by atoms with Crippen molar-refractivity contribution >= 4 is 39.5 Å². The molecule has 0 aromatic rings. The Hall–Kier alpha value is -1.94. The highest BCUT2D eigenvalue weighted by atomic mass is 31.2. The average molecular weight is 1370 g/mol. The highest BCUT2D eigenvalue weighted by Crippen LogP contribution is 2.45. The minimum Gasteiger partial charge on any atom is -0.462 e. The van der Waals surface area contributed by atoms with Crippen molar-refractivity contribution in [3.63, 3.8) is 0 Å². The first-order chi connectivity index (χ1) is 44.6. The van der Waals surface area contributed by atoms with Crippen molar-refractivity contribution in [2.75, 3.05) is 39.6 Å². The molecule has 3 N–H and O–H groups in total. The van der Waals surface area contributed by atoms with E-state index in [9.17, 15) is 43.2 Å². The Morgan fingerprint density at radius 3 is 0.763 bits per heavy atom. The van der Waals surface area contributed by atoms with Crippen LogP contribution in [0.2, 0.25) is 0 Å². The molecule has 0 aliphatic rings. The number of phosphoric acid groups is 2. The average Bonchev–Trinajstić information content (AvgIpc) is 2.87. The van der Waals surface area contributed by atoms with Crippen LogP contribution in [0.1, 0.15) is 370 Å². The molecule has 0 saturated heterocycles. The first-order valence-electron chi connectivity index (χ1n) is 38.2. The summed E-state index contributed by atoms with van der Waals surface area (Å²) >= 11 is 0. The van der Waals surface area contributed by atoms with Gasteiger partial charge in [0.1, 0.15) is 19.3 Å². The molecule has 17 nitrogen and oxygen atoms in total. The number of hydrogen-bond acceptors (Lipinski definition) is 15. The van der Waals surface area contributed by atoms with E-state index in [2.05, 4.69) is 55.4 Å². The van der Waals surface area contributed by atoms with Gasteiger partial charge in [0, 0.05) is 25.7 Å². The standard InChI is InChI=1S/C74H144O17P2/c1-9-67(8)53-45-37-32-33-39-47-55-72(77)85-61-70(91-74(79)57-49-41-30-24-20-16-18-22-27-35-43-51-65(4)5)63-89-93(82,83)87-59-68(75)58-86-92(80,81)88-62-69(60-84-71(76)54-46-38-31-25-28-36-44-52-66(6)7)90-73(78)56-48-40-29-23-19-15-13-11-10-12-14-17-21-26-34-42-50-64(2)3/h64-70,75H,9-63H2,1-8H3,(H,80,81)(H,82,83)/t67?,68?,69-,70-/m1/s1. The van der Waals surface area contributed by atoms with Crippen LogP contribution in [0.3, 0.4) is 0 Å². The van der Waals surface area contributed by atoms with Gasteiger partial charge in [-0.25, -0.2) is 9.13 Å². The highest BCUT2D eigenvalue weighted by molar-refractivity contribution is 7.47. The molecule has 0 heterocycles. The molecule has 4 unspecified atom stereocenters. The van der Waals surface area contributed by atoms with Crippen LogP contribution < -0.4 is 0 Å². The predicted octanol–water partition coefficient (Wildman–Crippen LogP) is 21.3. The molecule has 0 amide bonds. The third-order valence-electron chi connectivity index (χ3n) is 17.4. The molecule has 0 aliphatic carbocycles. The lowest BCUT2D eigenvalue weighted by molar-refractivity contribution is -0.161. The largest absolute Gasteiger partial charge is 0.472 e. The molecule has 0 aromatic carbocycles. The van der Waals surface area contributed by atoms with E-state index in [4.69, 9.17) is 37.0 Å². The van der Waals surface area contributed by atoms with Gasteiger partial charge in [-0.1, -0.05) is 319 Å². The normalized spacial score (nSPS) is 14.5. The zero-order chi connectivity index (χ0) is 68.9. The van der Waals surface area contributed by atoms with Crippen LogP contribution in [0, 0.1) is 23.7 Å². The highest BCUT2D eigenvalue weighted by Gasteiger charge is 2.30. The summed E-state index contributed by atoms with van der Waals surface area (Å²) in [6.07, 6.45) is 47.3. The Bertz CT molecular complexity index is 1840. The van der Waals surface area contributed by atoms with Crippen LogP contribution in [0.15, 0.2) is 0 Å². The van der Waals surface area contributed by atoms with Gasteiger partial charge in [0.15, 0.2) is 12.2 Å². The second kappa shape index (κ2) is 63.5. The molecule has 93 heavy (non-hydrogen) atoms. The maximum absolute atomic E-state index is 13.0. The van der Waals surface area contributed by atoms with Crippen molar-refractivity contribution in [3.8, 4) is 0 Å². The summed E-state index contributed by atoms with van der Waals surface area (Å²) in [6.45, 7) is 14.1. The SMILES string of the molecule is CCC(C)CCCCCCCCC(=O)OC[C@H](COP(=O)(O)OCC(O)COP(=O)(O)OC[C@@H](COC(=O)CCCCCCCCCC(C)C)OC(=O)CCCCCCCCCCCCCCCCCCC(C)C)OC(=O)CCCCCCCCCCCCCC(C)C. The van der Waals surface area contributed by atoms with Crippen LogP contribution in [-0.2, 0) is 65.4 Å². The molecule has 0 aliphatic heterocycles. The predicted molar refractivity (Wildman–Crippen MR) is 377 cm³/mol. The Balaban J connectivity index is 5.21. The van der Waals surface area contributed by atoms with Crippen LogP contribution in [-0.4, -0.2) is 96.7 Å². The van der Waals surface area contributed by atoms with Crippen molar-refractivity contribution in [2.45, 2.75) is 388 Å². The van der Waals surface area contributed by atoms with Crippen molar-refractivity contribution in [3.05, 3.63) is 0 Å². The quantitative estimate of drug-likeness (QED) is 0.0222. The van der Waals surface area contributed by atoms with E-state index < -0.39 is 97.5 Å². The number of carbonyl (C=O) groups excluding carboxylic acids is 4. The summed E-state index contributed by atoms with van der Waals surface area (Å²) in [7, 11) is -9.91.